The fourth-order valence-corrected chi connectivity index (χ4v) is 3.81. The highest BCUT2D eigenvalue weighted by molar-refractivity contribution is 7.99. The molecule has 0 bridgehead atoms. The predicted octanol–water partition coefficient (Wildman–Crippen LogP) is 3.40. The van der Waals surface area contributed by atoms with E-state index in [4.69, 9.17) is 0 Å². The van der Waals surface area contributed by atoms with Gasteiger partial charge in [0.25, 0.3) is 5.56 Å². The number of nitrogens with one attached hydrogen (secondary N) is 1. The van der Waals surface area contributed by atoms with Crippen LogP contribution in [0.2, 0.25) is 0 Å². The maximum Gasteiger partial charge on any atom is 0.269 e. The lowest BCUT2D eigenvalue weighted by Crippen LogP contribution is -2.23. The third-order valence-electron chi connectivity index (χ3n) is 4.30. The quantitative estimate of drug-likeness (QED) is 0.218. The Kier molecular flexibility index (Phi) is 5.48. The SMILES string of the molecule is O=C(CCCSc1nc2ccccc2c(=O)n1-c1ncn[nH]1)c1ccc(F)cc1. The Balaban J connectivity index is 1.52. The molecule has 29 heavy (non-hydrogen) atoms. The Bertz CT molecular complexity index is 1210. The molecular formula is C20H16FN5O2S. The summed E-state index contributed by atoms with van der Waals surface area (Å²) >= 11 is 1.37. The molecule has 2 aromatic heterocycles. The van der Waals surface area contributed by atoms with Gasteiger partial charge < -0.3 is 0 Å². The molecule has 146 valence electrons. The Morgan fingerprint density at radius 3 is 2.69 bits per heavy atom. The molecule has 0 spiro atoms. The maximum absolute atomic E-state index is 13.0. The van der Waals surface area contributed by atoms with E-state index in [9.17, 15) is 14.0 Å². The Morgan fingerprint density at radius 1 is 1.14 bits per heavy atom. The number of carbonyl (C=O) groups excluding carboxylic acids is 1. The molecule has 7 nitrogen and oxygen atoms in total. The number of thioether (sulfide) groups is 1. The van der Waals surface area contributed by atoms with Crippen molar-refractivity contribution in [1.29, 1.82) is 0 Å². The zero-order valence-corrected chi connectivity index (χ0v) is 16.0. The smallest absolute Gasteiger partial charge is 0.269 e. The van der Waals surface area contributed by atoms with Gasteiger partial charge in [-0.1, -0.05) is 23.9 Å². The number of carbonyl (C=O) groups is 1. The Labute approximate surface area is 169 Å². The van der Waals surface area contributed by atoms with Crippen LogP contribution in [0, 0.1) is 5.82 Å². The summed E-state index contributed by atoms with van der Waals surface area (Å²) in [5, 5.41) is 7.47. The summed E-state index contributed by atoms with van der Waals surface area (Å²) in [5.74, 6) is 0.443. The molecule has 0 radical (unpaired) electrons. The number of nitrogens with zero attached hydrogens (tertiary/aromatic N) is 4. The monoisotopic (exact) mass is 409 g/mol. The molecule has 1 N–H and O–H groups in total. The van der Waals surface area contributed by atoms with Crippen molar-refractivity contribution in [2.45, 2.75) is 18.0 Å². The molecule has 0 atom stereocenters. The molecule has 4 aromatic rings. The van der Waals surface area contributed by atoms with E-state index in [2.05, 4.69) is 20.2 Å². The number of benzene rings is 2. The summed E-state index contributed by atoms with van der Waals surface area (Å²) in [5.41, 5.74) is 0.842. The number of para-hydroxylation sites is 1. The zero-order valence-electron chi connectivity index (χ0n) is 15.2. The highest BCUT2D eigenvalue weighted by atomic mass is 32.2. The van der Waals surface area contributed by atoms with Crippen LogP contribution in [0.25, 0.3) is 16.9 Å². The first kappa shape index (κ1) is 19.0. The van der Waals surface area contributed by atoms with E-state index in [0.29, 0.717) is 40.2 Å². The Hall–Kier alpha value is -3.33. The molecule has 0 fully saturated rings. The van der Waals surface area contributed by atoms with Crippen LogP contribution in [0.1, 0.15) is 23.2 Å². The fraction of sp³-hybridized carbons (Fsp3) is 0.150. The van der Waals surface area contributed by atoms with Gasteiger partial charge in [0.2, 0.25) is 5.95 Å². The predicted molar refractivity (Wildman–Crippen MR) is 108 cm³/mol. The number of H-pyrrole nitrogens is 1. The number of Topliss-reactive ketones (excluding diaryl/α,β-unsaturated/α-hetero) is 1. The molecule has 4 rings (SSSR count). The first-order chi connectivity index (χ1) is 14.1. The normalized spacial score (nSPS) is 11.1. The standard InChI is InChI=1S/C20H16FN5O2S/c21-14-9-7-13(8-10-14)17(27)6-3-11-29-20-24-16-5-2-1-4-15(16)18(28)26(20)19-22-12-23-25-19/h1-2,4-5,7-10,12H,3,6,11H2,(H,22,23,25). The number of halogens is 1. The molecule has 0 aliphatic heterocycles. The van der Waals surface area contributed by atoms with Crippen molar-refractivity contribution in [3.63, 3.8) is 0 Å². The molecule has 2 heterocycles. The molecule has 0 aliphatic carbocycles. The minimum atomic E-state index is -0.370. The van der Waals surface area contributed by atoms with E-state index < -0.39 is 0 Å². The van der Waals surface area contributed by atoms with Crippen LogP contribution in [-0.4, -0.2) is 36.3 Å². The number of fused-ring (bicyclic) bond motifs is 1. The van der Waals surface area contributed by atoms with E-state index >= 15 is 0 Å². The molecule has 0 saturated carbocycles. The molecule has 2 aromatic carbocycles. The molecule has 0 amide bonds. The van der Waals surface area contributed by atoms with Crippen LogP contribution in [0.5, 0.6) is 0 Å². The molecule has 9 heteroatoms. The van der Waals surface area contributed by atoms with E-state index in [-0.39, 0.29) is 23.1 Å². The van der Waals surface area contributed by atoms with Gasteiger partial charge in [0.15, 0.2) is 10.9 Å². The highest BCUT2D eigenvalue weighted by Gasteiger charge is 2.15. The van der Waals surface area contributed by atoms with Gasteiger partial charge in [0.05, 0.1) is 10.9 Å². The minimum absolute atomic E-state index is 0.0512. The molecule has 0 unspecified atom stereocenters. The van der Waals surface area contributed by atoms with Crippen molar-refractivity contribution in [3.05, 3.63) is 76.6 Å². The zero-order chi connectivity index (χ0) is 20.2. The lowest BCUT2D eigenvalue weighted by atomic mass is 10.1. The third-order valence-corrected chi connectivity index (χ3v) is 5.33. The van der Waals surface area contributed by atoms with Gasteiger partial charge in [0.1, 0.15) is 12.1 Å². The second-order valence-corrected chi connectivity index (χ2v) is 7.31. The summed E-state index contributed by atoms with van der Waals surface area (Å²) in [6, 6.07) is 12.6. The summed E-state index contributed by atoms with van der Waals surface area (Å²) in [6.07, 6.45) is 2.23. The van der Waals surface area contributed by atoms with E-state index in [0.717, 1.165) is 0 Å². The van der Waals surface area contributed by atoms with Gasteiger partial charge in [-0.2, -0.15) is 10.1 Å². The number of aromatic amines is 1. The van der Waals surface area contributed by atoms with E-state index in [1.165, 1.54) is 46.9 Å². The first-order valence-electron chi connectivity index (χ1n) is 8.92. The van der Waals surface area contributed by atoms with Gasteiger partial charge in [-0.15, -0.1) is 0 Å². The van der Waals surface area contributed by atoms with E-state index in [1.807, 2.05) is 6.07 Å². The molecule has 0 aliphatic rings. The van der Waals surface area contributed by atoms with Crippen LogP contribution in [0.15, 0.2) is 64.8 Å². The second-order valence-electron chi connectivity index (χ2n) is 6.24. The topological polar surface area (TPSA) is 93.5 Å². The van der Waals surface area contributed by atoms with Gasteiger partial charge in [0, 0.05) is 17.7 Å². The van der Waals surface area contributed by atoms with Crippen molar-refractivity contribution >= 4 is 28.4 Å². The fourth-order valence-electron chi connectivity index (χ4n) is 2.88. The second kappa shape index (κ2) is 8.36. The molecule has 0 saturated heterocycles. The van der Waals surface area contributed by atoms with Crippen LogP contribution < -0.4 is 5.56 Å². The van der Waals surface area contributed by atoms with Crippen molar-refractivity contribution in [2.24, 2.45) is 0 Å². The average molecular weight is 409 g/mol. The number of aromatic nitrogens is 5. The highest BCUT2D eigenvalue weighted by Crippen LogP contribution is 2.21. The van der Waals surface area contributed by atoms with Crippen LogP contribution in [0.4, 0.5) is 4.39 Å². The third kappa shape index (κ3) is 4.09. The van der Waals surface area contributed by atoms with Gasteiger partial charge in [-0.05, 0) is 42.8 Å². The first-order valence-corrected chi connectivity index (χ1v) is 9.91. The van der Waals surface area contributed by atoms with Crippen LogP contribution >= 0.6 is 11.8 Å². The average Bonchev–Trinajstić information content (AvgIpc) is 3.26. The number of rotatable bonds is 7. The largest absolute Gasteiger partial charge is 0.294 e. The lowest BCUT2D eigenvalue weighted by molar-refractivity contribution is 0.0982. The van der Waals surface area contributed by atoms with Crippen molar-refractivity contribution in [2.75, 3.05) is 5.75 Å². The maximum atomic E-state index is 13.0. The van der Waals surface area contributed by atoms with Crippen molar-refractivity contribution in [3.8, 4) is 5.95 Å². The van der Waals surface area contributed by atoms with Gasteiger partial charge >= 0.3 is 0 Å². The summed E-state index contributed by atoms with van der Waals surface area (Å²) < 4.78 is 14.4. The van der Waals surface area contributed by atoms with Crippen LogP contribution in [-0.2, 0) is 0 Å². The van der Waals surface area contributed by atoms with E-state index in [1.54, 1.807) is 18.2 Å². The number of hydrogen-bond donors (Lipinski definition) is 1. The van der Waals surface area contributed by atoms with Gasteiger partial charge in [-0.25, -0.2) is 19.0 Å². The number of ketones is 1. The van der Waals surface area contributed by atoms with Gasteiger partial charge in [-0.3, -0.25) is 9.59 Å². The summed E-state index contributed by atoms with van der Waals surface area (Å²) in [6.45, 7) is 0. The number of hydrogen-bond acceptors (Lipinski definition) is 6. The Morgan fingerprint density at radius 2 is 1.93 bits per heavy atom. The van der Waals surface area contributed by atoms with Crippen molar-refractivity contribution < 1.29 is 9.18 Å². The molecular weight excluding hydrogens is 393 g/mol. The van der Waals surface area contributed by atoms with Crippen LogP contribution in [0.3, 0.4) is 0 Å². The summed E-state index contributed by atoms with van der Waals surface area (Å²) in [7, 11) is 0. The summed E-state index contributed by atoms with van der Waals surface area (Å²) in [4.78, 5) is 33.8. The lowest BCUT2D eigenvalue weighted by Gasteiger charge is -2.10. The minimum Gasteiger partial charge on any atom is -0.294 e. The van der Waals surface area contributed by atoms with Crippen molar-refractivity contribution in [1.82, 2.24) is 24.7 Å².